The van der Waals surface area contributed by atoms with Gasteiger partial charge in [0, 0.05) is 6.20 Å². The van der Waals surface area contributed by atoms with Crippen LogP contribution in [0.5, 0.6) is 17.4 Å². The molecule has 5 nitrogen and oxygen atoms in total. The van der Waals surface area contributed by atoms with E-state index < -0.39 is 0 Å². The zero-order valence-electron chi connectivity index (χ0n) is 11.5. The Morgan fingerprint density at radius 1 is 1.14 bits per heavy atom. The second kappa shape index (κ2) is 5.66. The summed E-state index contributed by atoms with van der Waals surface area (Å²) in [6.07, 6.45) is 2.51. The van der Waals surface area contributed by atoms with Crippen molar-refractivity contribution in [2.75, 3.05) is 6.61 Å². The Morgan fingerprint density at radius 3 is 2.67 bits per heavy atom. The van der Waals surface area contributed by atoms with Crippen LogP contribution >= 0.6 is 0 Å². The Bertz CT molecular complexity index is 780. The van der Waals surface area contributed by atoms with Crippen molar-refractivity contribution in [3.63, 3.8) is 0 Å². The number of aldehydes is 1. The highest BCUT2D eigenvalue weighted by molar-refractivity contribution is 5.78. The van der Waals surface area contributed by atoms with E-state index in [2.05, 4.69) is 4.98 Å². The van der Waals surface area contributed by atoms with Gasteiger partial charge < -0.3 is 9.47 Å². The summed E-state index contributed by atoms with van der Waals surface area (Å²) in [6.45, 7) is 2.44. The van der Waals surface area contributed by atoms with Gasteiger partial charge in [0.15, 0.2) is 23.5 Å². The Labute approximate surface area is 121 Å². The molecule has 0 aliphatic rings. The zero-order chi connectivity index (χ0) is 14.7. The number of imidazole rings is 1. The third-order valence-electron chi connectivity index (χ3n) is 3.00. The summed E-state index contributed by atoms with van der Waals surface area (Å²) >= 11 is 0. The number of carbonyl (C=O) groups is 1. The van der Waals surface area contributed by atoms with Gasteiger partial charge >= 0.3 is 0 Å². The molecule has 21 heavy (non-hydrogen) atoms. The number of hydrogen-bond donors (Lipinski definition) is 0. The van der Waals surface area contributed by atoms with Crippen LogP contribution in [0.1, 0.15) is 17.4 Å². The normalized spacial score (nSPS) is 10.5. The van der Waals surface area contributed by atoms with Gasteiger partial charge in [-0.15, -0.1) is 0 Å². The maximum absolute atomic E-state index is 11.3. The smallest absolute Gasteiger partial charge is 0.249 e. The van der Waals surface area contributed by atoms with Crippen molar-refractivity contribution in [3.05, 3.63) is 54.4 Å². The summed E-state index contributed by atoms with van der Waals surface area (Å²) < 4.78 is 13.0. The first-order valence-electron chi connectivity index (χ1n) is 6.65. The van der Waals surface area contributed by atoms with Gasteiger partial charge in [-0.1, -0.05) is 18.2 Å². The molecule has 0 bridgehead atoms. The molecule has 0 amide bonds. The van der Waals surface area contributed by atoms with E-state index in [1.54, 1.807) is 16.7 Å². The van der Waals surface area contributed by atoms with Crippen LogP contribution in [0.15, 0.2) is 48.7 Å². The number of rotatable bonds is 5. The highest BCUT2D eigenvalue weighted by Crippen LogP contribution is 2.32. The van der Waals surface area contributed by atoms with Gasteiger partial charge in [-0.25, -0.2) is 0 Å². The molecule has 3 rings (SSSR count). The van der Waals surface area contributed by atoms with Crippen molar-refractivity contribution in [2.24, 2.45) is 0 Å². The van der Waals surface area contributed by atoms with Crippen LogP contribution in [0.2, 0.25) is 0 Å². The molecule has 106 valence electrons. The molecule has 0 unspecified atom stereocenters. The standard InChI is InChI=1S/C16H14N2O3/c1-2-20-13-7-3-4-8-14(13)21-16-12(11-19)18-10-6-5-9-15(18)17-16/h3-11H,2H2,1H3. The highest BCUT2D eigenvalue weighted by atomic mass is 16.5. The topological polar surface area (TPSA) is 52.8 Å². The summed E-state index contributed by atoms with van der Waals surface area (Å²) in [6, 6.07) is 12.8. The van der Waals surface area contributed by atoms with Gasteiger partial charge in [0.2, 0.25) is 5.88 Å². The van der Waals surface area contributed by atoms with Crippen molar-refractivity contribution in [2.45, 2.75) is 6.92 Å². The molecule has 3 aromatic rings. The van der Waals surface area contributed by atoms with E-state index in [9.17, 15) is 4.79 Å². The third-order valence-corrected chi connectivity index (χ3v) is 3.00. The summed E-state index contributed by atoms with van der Waals surface area (Å²) in [5.41, 5.74) is 1.03. The number of carbonyl (C=O) groups excluding carboxylic acids is 1. The summed E-state index contributed by atoms with van der Waals surface area (Å²) in [4.78, 5) is 15.7. The van der Waals surface area contributed by atoms with Crippen molar-refractivity contribution in [1.82, 2.24) is 9.38 Å². The molecule has 0 spiro atoms. The first-order chi connectivity index (χ1) is 10.3. The van der Waals surface area contributed by atoms with E-state index in [0.29, 0.717) is 29.4 Å². The first kappa shape index (κ1) is 13.2. The average Bonchev–Trinajstić information content (AvgIpc) is 2.86. The van der Waals surface area contributed by atoms with Gasteiger partial charge in [0.1, 0.15) is 5.65 Å². The summed E-state index contributed by atoms with van der Waals surface area (Å²) in [5.74, 6) is 1.42. The number of hydrogen-bond acceptors (Lipinski definition) is 4. The molecule has 1 aromatic carbocycles. The van der Waals surface area contributed by atoms with E-state index in [0.717, 1.165) is 6.29 Å². The van der Waals surface area contributed by atoms with E-state index in [4.69, 9.17) is 9.47 Å². The Kier molecular flexibility index (Phi) is 3.55. The van der Waals surface area contributed by atoms with Crippen LogP contribution < -0.4 is 9.47 Å². The minimum absolute atomic E-state index is 0.267. The Balaban J connectivity index is 2.04. The van der Waals surface area contributed by atoms with Crippen LogP contribution in [0.4, 0.5) is 0 Å². The van der Waals surface area contributed by atoms with Crippen LogP contribution in [0.3, 0.4) is 0 Å². The molecule has 0 saturated carbocycles. The SMILES string of the molecule is CCOc1ccccc1Oc1nc2ccccn2c1C=O. The molecule has 0 aliphatic carbocycles. The van der Waals surface area contributed by atoms with E-state index in [1.165, 1.54) is 0 Å². The first-order valence-corrected chi connectivity index (χ1v) is 6.65. The summed E-state index contributed by atoms with van der Waals surface area (Å²) in [5, 5.41) is 0. The van der Waals surface area contributed by atoms with Crippen LogP contribution in [-0.4, -0.2) is 22.3 Å². The molecule has 0 N–H and O–H groups in total. The molecule has 5 heteroatoms. The molecule has 0 fully saturated rings. The van der Waals surface area contributed by atoms with Crippen molar-refractivity contribution in [3.8, 4) is 17.4 Å². The lowest BCUT2D eigenvalue weighted by Crippen LogP contribution is -1.96. The maximum atomic E-state index is 11.3. The minimum Gasteiger partial charge on any atom is -0.490 e. The Hall–Kier alpha value is -2.82. The zero-order valence-corrected chi connectivity index (χ0v) is 11.5. The van der Waals surface area contributed by atoms with E-state index in [-0.39, 0.29) is 5.88 Å². The molecule has 0 aliphatic heterocycles. The molecule has 2 aromatic heterocycles. The molecular formula is C16H14N2O3. The number of pyridine rings is 1. The summed E-state index contributed by atoms with van der Waals surface area (Å²) in [7, 11) is 0. The minimum atomic E-state index is 0.267. The van der Waals surface area contributed by atoms with Crippen molar-refractivity contribution in [1.29, 1.82) is 0 Å². The van der Waals surface area contributed by atoms with Crippen molar-refractivity contribution >= 4 is 11.9 Å². The molecule has 0 radical (unpaired) electrons. The second-order valence-electron chi connectivity index (χ2n) is 4.33. The largest absolute Gasteiger partial charge is 0.490 e. The van der Waals surface area contributed by atoms with Gasteiger partial charge in [0.05, 0.1) is 6.61 Å². The van der Waals surface area contributed by atoms with Crippen LogP contribution in [0, 0.1) is 0 Å². The van der Waals surface area contributed by atoms with E-state index in [1.807, 2.05) is 43.3 Å². The van der Waals surface area contributed by atoms with Gasteiger partial charge in [-0.05, 0) is 31.2 Å². The third kappa shape index (κ3) is 2.45. The van der Waals surface area contributed by atoms with Crippen LogP contribution in [0.25, 0.3) is 5.65 Å². The van der Waals surface area contributed by atoms with E-state index >= 15 is 0 Å². The predicted molar refractivity (Wildman–Crippen MR) is 78.3 cm³/mol. The number of para-hydroxylation sites is 2. The lowest BCUT2D eigenvalue weighted by atomic mass is 10.3. The fourth-order valence-electron chi connectivity index (χ4n) is 2.09. The lowest BCUT2D eigenvalue weighted by molar-refractivity contribution is 0.111. The Morgan fingerprint density at radius 2 is 1.90 bits per heavy atom. The fraction of sp³-hybridized carbons (Fsp3) is 0.125. The second-order valence-corrected chi connectivity index (χ2v) is 4.33. The fourth-order valence-corrected chi connectivity index (χ4v) is 2.09. The molecule has 0 atom stereocenters. The van der Waals surface area contributed by atoms with Crippen molar-refractivity contribution < 1.29 is 14.3 Å². The highest BCUT2D eigenvalue weighted by Gasteiger charge is 2.15. The number of benzene rings is 1. The number of nitrogens with zero attached hydrogens (tertiary/aromatic N) is 2. The number of fused-ring (bicyclic) bond motifs is 1. The number of aromatic nitrogens is 2. The average molecular weight is 282 g/mol. The lowest BCUT2D eigenvalue weighted by Gasteiger charge is -2.09. The quantitative estimate of drug-likeness (QED) is 0.673. The van der Waals surface area contributed by atoms with Crippen LogP contribution in [-0.2, 0) is 0 Å². The van der Waals surface area contributed by atoms with Gasteiger partial charge in [-0.3, -0.25) is 9.20 Å². The monoisotopic (exact) mass is 282 g/mol. The predicted octanol–water partition coefficient (Wildman–Crippen LogP) is 3.34. The number of ether oxygens (including phenoxy) is 2. The maximum Gasteiger partial charge on any atom is 0.249 e. The molecule has 0 saturated heterocycles. The van der Waals surface area contributed by atoms with Gasteiger partial charge in [0.25, 0.3) is 0 Å². The molecule has 2 heterocycles. The van der Waals surface area contributed by atoms with Gasteiger partial charge in [-0.2, -0.15) is 4.98 Å². The molecular weight excluding hydrogens is 268 g/mol.